The minimum Gasteiger partial charge on any atom is -0.478 e. The van der Waals surface area contributed by atoms with Gasteiger partial charge in [-0.2, -0.15) is 0 Å². The number of rotatable bonds is 2. The van der Waals surface area contributed by atoms with Crippen LogP contribution in [0.2, 0.25) is 0 Å². The Balaban J connectivity index is 2.76. The zero-order valence-corrected chi connectivity index (χ0v) is 8.61. The molecule has 15 heavy (non-hydrogen) atoms. The van der Waals surface area contributed by atoms with Gasteiger partial charge in [0, 0.05) is 19.8 Å². The van der Waals surface area contributed by atoms with Crippen molar-refractivity contribution in [1.82, 2.24) is 5.32 Å². The molecule has 0 saturated heterocycles. The predicted molar refractivity (Wildman–Crippen MR) is 59.4 cm³/mol. The normalized spacial score (nSPS) is 10.9. The van der Waals surface area contributed by atoms with Gasteiger partial charge in [-0.15, -0.1) is 0 Å². The highest BCUT2D eigenvalue weighted by molar-refractivity contribution is 5.94. The van der Waals surface area contributed by atoms with Gasteiger partial charge in [-0.05, 0) is 24.3 Å². The van der Waals surface area contributed by atoms with Crippen molar-refractivity contribution in [2.45, 2.75) is 0 Å². The standard InChI is InChI=1S/C10H13N3O2/c1-11-10(12-2)13-8-5-3-7(4-6-8)9(14)15/h3-6H,1-2H3,(H,14,15)(H2,11,12,13). The van der Waals surface area contributed by atoms with E-state index in [0.717, 1.165) is 5.69 Å². The van der Waals surface area contributed by atoms with Crippen molar-refractivity contribution in [3.8, 4) is 0 Å². The second-order valence-electron chi connectivity index (χ2n) is 2.83. The van der Waals surface area contributed by atoms with Crippen LogP contribution in [0.3, 0.4) is 0 Å². The number of carboxylic acids is 1. The average Bonchev–Trinajstić information content (AvgIpc) is 2.26. The number of guanidine groups is 1. The second-order valence-corrected chi connectivity index (χ2v) is 2.83. The molecule has 1 rings (SSSR count). The largest absolute Gasteiger partial charge is 0.478 e. The van der Waals surface area contributed by atoms with Gasteiger partial charge in [0.1, 0.15) is 0 Å². The number of nitrogens with one attached hydrogen (secondary N) is 2. The minimum atomic E-state index is -0.931. The van der Waals surface area contributed by atoms with Crippen LogP contribution in [0.1, 0.15) is 10.4 Å². The number of anilines is 1. The van der Waals surface area contributed by atoms with Crippen molar-refractivity contribution >= 4 is 17.6 Å². The van der Waals surface area contributed by atoms with Crippen LogP contribution in [0.15, 0.2) is 29.3 Å². The van der Waals surface area contributed by atoms with E-state index in [1.54, 1.807) is 26.2 Å². The summed E-state index contributed by atoms with van der Waals surface area (Å²) in [5.41, 5.74) is 1.05. The summed E-state index contributed by atoms with van der Waals surface area (Å²) in [6, 6.07) is 6.44. The van der Waals surface area contributed by atoms with E-state index in [0.29, 0.717) is 5.96 Å². The molecule has 0 aliphatic heterocycles. The third kappa shape index (κ3) is 2.98. The van der Waals surface area contributed by atoms with Gasteiger partial charge in [-0.1, -0.05) is 0 Å². The first kappa shape index (κ1) is 11.0. The smallest absolute Gasteiger partial charge is 0.335 e. The maximum Gasteiger partial charge on any atom is 0.335 e. The van der Waals surface area contributed by atoms with Gasteiger partial charge in [0.15, 0.2) is 5.96 Å². The monoisotopic (exact) mass is 207 g/mol. The van der Waals surface area contributed by atoms with Gasteiger partial charge in [0.2, 0.25) is 0 Å². The van der Waals surface area contributed by atoms with Crippen LogP contribution in [0, 0.1) is 0 Å². The molecule has 0 aliphatic rings. The van der Waals surface area contributed by atoms with E-state index in [1.165, 1.54) is 12.1 Å². The fourth-order valence-electron chi connectivity index (χ4n) is 1.06. The molecule has 0 unspecified atom stereocenters. The fraction of sp³-hybridized carbons (Fsp3) is 0.200. The number of carbonyl (C=O) groups is 1. The number of aromatic carboxylic acids is 1. The molecule has 5 heteroatoms. The molecule has 5 nitrogen and oxygen atoms in total. The molecule has 0 aromatic heterocycles. The van der Waals surface area contributed by atoms with Crippen LogP contribution in [0.5, 0.6) is 0 Å². The summed E-state index contributed by atoms with van der Waals surface area (Å²) < 4.78 is 0. The highest BCUT2D eigenvalue weighted by Gasteiger charge is 2.02. The van der Waals surface area contributed by atoms with E-state index in [1.807, 2.05) is 0 Å². The summed E-state index contributed by atoms with van der Waals surface area (Å²) in [5.74, 6) is -0.308. The maximum atomic E-state index is 10.6. The summed E-state index contributed by atoms with van der Waals surface area (Å²) >= 11 is 0. The third-order valence-corrected chi connectivity index (χ3v) is 1.86. The first-order valence-electron chi connectivity index (χ1n) is 4.42. The molecule has 0 radical (unpaired) electrons. The quantitative estimate of drug-likeness (QED) is 0.499. The Morgan fingerprint density at radius 3 is 2.33 bits per heavy atom. The van der Waals surface area contributed by atoms with E-state index in [2.05, 4.69) is 15.6 Å². The van der Waals surface area contributed by atoms with Gasteiger partial charge in [-0.25, -0.2) is 4.79 Å². The summed E-state index contributed by atoms with van der Waals surface area (Å²) in [5, 5.41) is 14.5. The van der Waals surface area contributed by atoms with Crippen molar-refractivity contribution in [1.29, 1.82) is 0 Å². The predicted octanol–water partition coefficient (Wildman–Crippen LogP) is 1.00. The van der Waals surface area contributed by atoms with Crippen molar-refractivity contribution in [2.24, 2.45) is 4.99 Å². The van der Waals surface area contributed by atoms with Crippen molar-refractivity contribution in [3.05, 3.63) is 29.8 Å². The number of nitrogens with zero attached hydrogens (tertiary/aromatic N) is 1. The fourth-order valence-corrected chi connectivity index (χ4v) is 1.06. The molecule has 0 aliphatic carbocycles. The first-order chi connectivity index (χ1) is 7.17. The average molecular weight is 207 g/mol. The molecule has 0 fully saturated rings. The number of hydrogen-bond donors (Lipinski definition) is 3. The number of aliphatic imine (C=N–C) groups is 1. The van der Waals surface area contributed by atoms with Gasteiger partial charge >= 0.3 is 5.97 Å². The Morgan fingerprint density at radius 2 is 1.93 bits per heavy atom. The van der Waals surface area contributed by atoms with E-state index in [9.17, 15) is 4.79 Å². The SMILES string of the molecule is CN=C(NC)Nc1ccc(C(=O)O)cc1. The van der Waals surface area contributed by atoms with Crippen LogP contribution in [0.25, 0.3) is 0 Å². The van der Waals surface area contributed by atoms with E-state index < -0.39 is 5.97 Å². The molecule has 0 saturated carbocycles. The Hall–Kier alpha value is -2.04. The Labute approximate surface area is 87.8 Å². The molecule has 3 N–H and O–H groups in total. The van der Waals surface area contributed by atoms with Crippen LogP contribution >= 0.6 is 0 Å². The van der Waals surface area contributed by atoms with E-state index in [-0.39, 0.29) is 5.56 Å². The Morgan fingerprint density at radius 1 is 1.33 bits per heavy atom. The molecular formula is C10H13N3O2. The van der Waals surface area contributed by atoms with E-state index >= 15 is 0 Å². The summed E-state index contributed by atoms with van der Waals surface area (Å²) in [6.07, 6.45) is 0. The Bertz CT molecular complexity index is 371. The molecule has 0 heterocycles. The summed E-state index contributed by atoms with van der Waals surface area (Å²) in [7, 11) is 3.41. The van der Waals surface area contributed by atoms with Crippen molar-refractivity contribution in [2.75, 3.05) is 19.4 Å². The first-order valence-corrected chi connectivity index (χ1v) is 4.42. The molecule has 80 valence electrons. The van der Waals surface area contributed by atoms with Crippen LogP contribution in [0.4, 0.5) is 5.69 Å². The highest BCUT2D eigenvalue weighted by atomic mass is 16.4. The van der Waals surface area contributed by atoms with Crippen LogP contribution < -0.4 is 10.6 Å². The highest BCUT2D eigenvalue weighted by Crippen LogP contribution is 2.09. The molecule has 1 aromatic rings. The summed E-state index contributed by atoms with van der Waals surface area (Å²) in [6.45, 7) is 0. The molecule has 0 amide bonds. The molecule has 1 aromatic carbocycles. The maximum absolute atomic E-state index is 10.6. The van der Waals surface area contributed by atoms with Gasteiger partial charge in [0.05, 0.1) is 5.56 Å². The molecular weight excluding hydrogens is 194 g/mol. The van der Waals surface area contributed by atoms with Gasteiger partial charge in [0.25, 0.3) is 0 Å². The van der Waals surface area contributed by atoms with Gasteiger partial charge in [-0.3, -0.25) is 4.99 Å². The lowest BCUT2D eigenvalue weighted by molar-refractivity contribution is 0.0697. The third-order valence-electron chi connectivity index (χ3n) is 1.86. The number of benzene rings is 1. The number of carboxylic acid groups (broad SMARTS) is 1. The zero-order valence-electron chi connectivity index (χ0n) is 8.61. The Kier molecular flexibility index (Phi) is 3.68. The molecule has 0 spiro atoms. The van der Waals surface area contributed by atoms with E-state index in [4.69, 9.17) is 5.11 Å². The lowest BCUT2D eigenvalue weighted by Gasteiger charge is -2.08. The molecule has 0 atom stereocenters. The van der Waals surface area contributed by atoms with Crippen molar-refractivity contribution < 1.29 is 9.90 Å². The minimum absolute atomic E-state index is 0.264. The molecule has 0 bridgehead atoms. The van der Waals surface area contributed by atoms with Crippen molar-refractivity contribution in [3.63, 3.8) is 0 Å². The topological polar surface area (TPSA) is 73.7 Å². The van der Waals surface area contributed by atoms with Crippen LogP contribution in [-0.4, -0.2) is 31.1 Å². The lowest BCUT2D eigenvalue weighted by atomic mass is 10.2. The summed E-state index contributed by atoms with van der Waals surface area (Å²) in [4.78, 5) is 14.5. The van der Waals surface area contributed by atoms with Crippen LogP contribution in [-0.2, 0) is 0 Å². The zero-order chi connectivity index (χ0) is 11.3. The van der Waals surface area contributed by atoms with Gasteiger partial charge < -0.3 is 15.7 Å². The lowest BCUT2D eigenvalue weighted by Crippen LogP contribution is -2.26. The number of hydrogen-bond acceptors (Lipinski definition) is 2. The second kappa shape index (κ2) is 4.99.